The quantitative estimate of drug-likeness (QED) is 0.209. The molecule has 0 aromatic heterocycles. The van der Waals surface area contributed by atoms with Crippen LogP contribution in [0.3, 0.4) is 0 Å². The molecule has 3 saturated heterocycles. The standard InChI is InChI=1S/C39H78N3O4P/c1-31(2,3)37(32(4,5)6,28-22-19-25-40-28)44-47(43,45-38(33(7,8)9,34(10,11)12)29-23-20-26-41-29)46-39(35(13,14)15,36(16,17)18)30-24-21-27-42-30/h28-30,40-42H,19-27H2,1-18H3/t28-,29-,30-/m0/s1. The van der Waals surface area contributed by atoms with E-state index in [1.165, 1.54) is 0 Å². The molecule has 8 heteroatoms. The summed E-state index contributed by atoms with van der Waals surface area (Å²) in [5, 5.41) is 11.4. The molecule has 3 rings (SSSR count). The van der Waals surface area contributed by atoms with Crippen LogP contribution < -0.4 is 16.0 Å². The van der Waals surface area contributed by atoms with Crippen LogP contribution in [0.2, 0.25) is 0 Å². The number of phosphoric ester groups is 1. The first-order valence-electron chi connectivity index (χ1n) is 18.9. The van der Waals surface area contributed by atoms with E-state index in [1.54, 1.807) is 0 Å². The average molecular weight is 684 g/mol. The minimum atomic E-state index is -4.44. The maximum atomic E-state index is 16.9. The zero-order valence-corrected chi connectivity index (χ0v) is 35.1. The molecule has 0 spiro atoms. The van der Waals surface area contributed by atoms with Gasteiger partial charge >= 0.3 is 7.82 Å². The van der Waals surface area contributed by atoms with Gasteiger partial charge in [-0.05, 0) is 90.6 Å². The number of nitrogens with one attached hydrogen (secondary N) is 3. The van der Waals surface area contributed by atoms with Gasteiger partial charge in [-0.3, -0.25) is 13.6 Å². The molecule has 3 fully saturated rings. The van der Waals surface area contributed by atoms with E-state index in [-0.39, 0.29) is 18.1 Å². The van der Waals surface area contributed by atoms with Gasteiger partial charge in [-0.1, -0.05) is 125 Å². The molecule has 3 aliphatic rings. The van der Waals surface area contributed by atoms with E-state index in [9.17, 15) is 0 Å². The smallest absolute Gasteiger partial charge is 0.311 e. The molecule has 0 aliphatic carbocycles. The molecule has 47 heavy (non-hydrogen) atoms. The van der Waals surface area contributed by atoms with Gasteiger partial charge < -0.3 is 16.0 Å². The fraction of sp³-hybridized carbons (Fsp3) is 1.00. The van der Waals surface area contributed by atoms with E-state index in [4.69, 9.17) is 13.6 Å². The fourth-order valence-electron chi connectivity index (χ4n) is 11.2. The van der Waals surface area contributed by atoms with Crippen molar-refractivity contribution in [2.24, 2.45) is 32.5 Å². The molecule has 3 atom stereocenters. The Kier molecular flexibility index (Phi) is 11.6. The van der Waals surface area contributed by atoms with Gasteiger partial charge in [0.25, 0.3) is 0 Å². The van der Waals surface area contributed by atoms with E-state index < -0.39 is 57.1 Å². The van der Waals surface area contributed by atoms with Crippen molar-refractivity contribution in [1.82, 2.24) is 16.0 Å². The molecule has 0 amide bonds. The van der Waals surface area contributed by atoms with Crippen molar-refractivity contribution in [2.75, 3.05) is 19.6 Å². The van der Waals surface area contributed by atoms with Crippen molar-refractivity contribution >= 4 is 7.82 Å². The molecular weight excluding hydrogens is 605 g/mol. The molecule has 3 heterocycles. The van der Waals surface area contributed by atoms with E-state index >= 15 is 4.57 Å². The Morgan fingerprint density at radius 1 is 0.404 bits per heavy atom. The van der Waals surface area contributed by atoms with Crippen LogP contribution in [-0.2, 0) is 18.1 Å². The topological polar surface area (TPSA) is 80.9 Å². The highest BCUT2D eigenvalue weighted by Crippen LogP contribution is 2.71. The summed E-state index contributed by atoms with van der Waals surface area (Å²) in [6.45, 7) is 43.0. The Morgan fingerprint density at radius 2 is 0.596 bits per heavy atom. The minimum Gasteiger partial charge on any atom is -0.311 e. The molecular formula is C39H78N3O4P. The van der Waals surface area contributed by atoms with Crippen molar-refractivity contribution < 1.29 is 18.1 Å². The van der Waals surface area contributed by atoms with E-state index in [0.717, 1.165) is 58.2 Å². The largest absolute Gasteiger partial charge is 0.476 e. The summed E-state index contributed by atoms with van der Waals surface area (Å²) < 4.78 is 39.8. The molecule has 7 nitrogen and oxygen atoms in total. The van der Waals surface area contributed by atoms with Crippen molar-refractivity contribution in [3.8, 4) is 0 Å². The number of hydrogen-bond donors (Lipinski definition) is 3. The minimum absolute atomic E-state index is 0.0189. The first-order valence-corrected chi connectivity index (χ1v) is 20.3. The summed E-state index contributed by atoms with van der Waals surface area (Å²) in [6, 6.07) is -0.0567. The summed E-state index contributed by atoms with van der Waals surface area (Å²) in [5.41, 5.74) is -5.13. The van der Waals surface area contributed by atoms with Gasteiger partial charge in [0.15, 0.2) is 0 Å². The van der Waals surface area contributed by atoms with E-state index in [2.05, 4.69) is 141 Å². The molecule has 3 aliphatic heterocycles. The third-order valence-electron chi connectivity index (χ3n) is 12.1. The summed E-state index contributed by atoms with van der Waals surface area (Å²) in [4.78, 5) is 0. The van der Waals surface area contributed by atoms with Crippen LogP contribution in [0.15, 0.2) is 0 Å². The van der Waals surface area contributed by atoms with Crippen molar-refractivity contribution in [3.05, 3.63) is 0 Å². The van der Waals surface area contributed by atoms with Gasteiger partial charge in [-0.2, -0.15) is 0 Å². The highest BCUT2D eigenvalue weighted by molar-refractivity contribution is 7.48. The molecule has 3 N–H and O–H groups in total. The second-order valence-corrected chi connectivity index (χ2v) is 22.8. The van der Waals surface area contributed by atoms with Crippen LogP contribution in [0, 0.1) is 32.5 Å². The third-order valence-corrected chi connectivity index (χ3v) is 13.6. The zero-order chi connectivity index (χ0) is 36.3. The maximum absolute atomic E-state index is 16.9. The van der Waals surface area contributed by atoms with E-state index in [1.807, 2.05) is 0 Å². The highest BCUT2D eigenvalue weighted by atomic mass is 31.2. The normalized spacial score (nSPS) is 25.2. The van der Waals surface area contributed by atoms with Crippen LogP contribution in [0.1, 0.15) is 163 Å². The molecule has 0 radical (unpaired) electrons. The second kappa shape index (κ2) is 13.2. The van der Waals surface area contributed by atoms with Gasteiger partial charge in [0.1, 0.15) is 16.8 Å². The molecule has 0 saturated carbocycles. The first kappa shape index (κ1) is 41.4. The molecule has 0 bridgehead atoms. The Hall–Kier alpha value is -0.0100. The van der Waals surface area contributed by atoms with Crippen molar-refractivity contribution in [2.45, 2.75) is 198 Å². The maximum Gasteiger partial charge on any atom is 0.476 e. The number of hydrogen-bond acceptors (Lipinski definition) is 7. The number of phosphoric acid groups is 1. The second-order valence-electron chi connectivity index (χ2n) is 21.4. The Morgan fingerprint density at radius 3 is 0.723 bits per heavy atom. The van der Waals surface area contributed by atoms with Gasteiger partial charge in [0.05, 0.1) is 0 Å². The number of rotatable bonds is 9. The lowest BCUT2D eigenvalue weighted by molar-refractivity contribution is -0.218. The van der Waals surface area contributed by atoms with Gasteiger partial charge in [0, 0.05) is 18.1 Å². The third kappa shape index (κ3) is 7.22. The lowest BCUT2D eigenvalue weighted by Crippen LogP contribution is -2.68. The monoisotopic (exact) mass is 684 g/mol. The predicted molar refractivity (Wildman–Crippen MR) is 199 cm³/mol. The van der Waals surface area contributed by atoms with E-state index in [0.29, 0.717) is 0 Å². The first-order chi connectivity index (χ1) is 20.9. The molecule has 0 aromatic carbocycles. The summed E-state index contributed by atoms with van der Waals surface area (Å²) >= 11 is 0. The average Bonchev–Trinajstić information content (AvgIpc) is 3.63. The molecule has 0 unspecified atom stereocenters. The van der Waals surface area contributed by atoms with Crippen LogP contribution in [0.5, 0.6) is 0 Å². The zero-order valence-electron chi connectivity index (χ0n) is 34.2. The van der Waals surface area contributed by atoms with Gasteiger partial charge in [-0.15, -0.1) is 0 Å². The van der Waals surface area contributed by atoms with Crippen LogP contribution in [0.4, 0.5) is 0 Å². The summed E-state index contributed by atoms with van der Waals surface area (Å²) in [7, 11) is -4.44. The van der Waals surface area contributed by atoms with Gasteiger partial charge in [0.2, 0.25) is 0 Å². The Bertz CT molecular complexity index is 912. The van der Waals surface area contributed by atoms with Crippen molar-refractivity contribution in [1.29, 1.82) is 0 Å². The Balaban J connectivity index is 2.49. The molecule has 278 valence electrons. The summed E-state index contributed by atoms with van der Waals surface area (Å²) in [6.07, 6.45) is 5.97. The van der Waals surface area contributed by atoms with Crippen LogP contribution in [-0.4, -0.2) is 54.6 Å². The SMILES string of the molecule is CC(C)(C)C(OP(=O)(OC([C@@H]1CCCN1)(C(C)(C)C)C(C)(C)C)OC([C@@H]1CCCN1)(C(C)(C)C)C(C)(C)C)([C@@H]1CCCN1)C(C)(C)C. The lowest BCUT2D eigenvalue weighted by atomic mass is 9.59. The fourth-order valence-corrected chi connectivity index (χ4v) is 14.4. The van der Waals surface area contributed by atoms with Crippen molar-refractivity contribution in [3.63, 3.8) is 0 Å². The predicted octanol–water partition coefficient (Wildman–Crippen LogP) is 9.89. The lowest BCUT2D eigenvalue weighted by Gasteiger charge is -2.62. The van der Waals surface area contributed by atoms with Gasteiger partial charge in [-0.25, -0.2) is 4.57 Å². The Labute approximate surface area is 291 Å². The summed E-state index contributed by atoms with van der Waals surface area (Å²) in [5.74, 6) is 0. The molecule has 0 aromatic rings. The highest BCUT2D eigenvalue weighted by Gasteiger charge is 2.69. The van der Waals surface area contributed by atoms with Crippen LogP contribution >= 0.6 is 7.82 Å². The van der Waals surface area contributed by atoms with Crippen LogP contribution in [0.25, 0.3) is 0 Å².